The minimum absolute atomic E-state index is 0.191. The van der Waals surface area contributed by atoms with Gasteiger partial charge in [-0.15, -0.1) is 0 Å². The van der Waals surface area contributed by atoms with Crippen molar-refractivity contribution in [2.45, 2.75) is 31.9 Å². The molecule has 5 heteroatoms. The maximum atomic E-state index is 12.5. The number of nitrogens with zero attached hydrogens (tertiary/aromatic N) is 1. The Morgan fingerprint density at radius 3 is 2.60 bits per heavy atom. The van der Waals surface area contributed by atoms with E-state index in [9.17, 15) is 13.2 Å². The van der Waals surface area contributed by atoms with Crippen molar-refractivity contribution in [2.24, 2.45) is 5.92 Å². The van der Waals surface area contributed by atoms with E-state index in [1.807, 2.05) is 4.90 Å². The van der Waals surface area contributed by atoms with Gasteiger partial charge in [0.05, 0.1) is 5.92 Å². The number of likely N-dealkylation sites (tertiary alicyclic amines) is 1. The van der Waals surface area contributed by atoms with Gasteiger partial charge in [-0.3, -0.25) is 0 Å². The molecule has 1 fully saturated rings. The molecule has 0 spiro atoms. The number of thiol groups is 1. The molecule has 0 aromatic carbocycles. The van der Waals surface area contributed by atoms with Gasteiger partial charge >= 0.3 is 6.18 Å². The Labute approximate surface area is 94.4 Å². The highest BCUT2D eigenvalue weighted by Crippen LogP contribution is 2.33. The molecule has 0 N–H and O–H groups in total. The summed E-state index contributed by atoms with van der Waals surface area (Å²) in [5, 5.41) is 0. The van der Waals surface area contributed by atoms with Gasteiger partial charge in [-0.1, -0.05) is 0 Å². The SMILES string of the molecule is FC(F)(F)C1CCCN(CCCCS)C1. The van der Waals surface area contributed by atoms with Crippen molar-refractivity contribution >= 4 is 12.6 Å². The van der Waals surface area contributed by atoms with E-state index in [-0.39, 0.29) is 6.54 Å². The van der Waals surface area contributed by atoms with Crippen LogP contribution in [0.3, 0.4) is 0 Å². The first-order chi connectivity index (χ1) is 7.04. The van der Waals surface area contributed by atoms with Crippen molar-refractivity contribution in [3.63, 3.8) is 0 Å². The zero-order valence-corrected chi connectivity index (χ0v) is 9.66. The molecule has 0 bridgehead atoms. The summed E-state index contributed by atoms with van der Waals surface area (Å²) in [7, 11) is 0. The van der Waals surface area contributed by atoms with Gasteiger partial charge in [-0.05, 0) is 44.5 Å². The van der Waals surface area contributed by atoms with Crippen molar-refractivity contribution in [3.05, 3.63) is 0 Å². The number of alkyl halides is 3. The standard InChI is InChI=1S/C10H18F3NS/c11-10(12,13)9-4-3-6-14(8-9)5-1-2-7-15/h9,15H,1-8H2. The highest BCUT2D eigenvalue weighted by Gasteiger charge is 2.41. The Kier molecular flexibility index (Phi) is 5.26. The fraction of sp³-hybridized carbons (Fsp3) is 1.00. The summed E-state index contributed by atoms with van der Waals surface area (Å²) in [5.74, 6) is -0.293. The van der Waals surface area contributed by atoms with Crippen molar-refractivity contribution in [2.75, 3.05) is 25.4 Å². The molecule has 1 unspecified atom stereocenters. The van der Waals surface area contributed by atoms with E-state index < -0.39 is 12.1 Å². The topological polar surface area (TPSA) is 3.24 Å². The van der Waals surface area contributed by atoms with Gasteiger partial charge in [-0.2, -0.15) is 25.8 Å². The Balaban J connectivity index is 2.29. The molecule has 1 aliphatic rings. The first-order valence-electron chi connectivity index (χ1n) is 5.44. The maximum absolute atomic E-state index is 12.5. The van der Waals surface area contributed by atoms with Gasteiger partial charge in [-0.25, -0.2) is 0 Å². The third-order valence-corrected chi connectivity index (χ3v) is 3.17. The summed E-state index contributed by atoms with van der Waals surface area (Å²) in [5.41, 5.74) is 0. The van der Waals surface area contributed by atoms with Gasteiger partial charge in [0, 0.05) is 6.54 Å². The van der Waals surface area contributed by atoms with Crippen molar-refractivity contribution < 1.29 is 13.2 Å². The molecular weight excluding hydrogens is 223 g/mol. The molecule has 1 aliphatic heterocycles. The van der Waals surface area contributed by atoms with Crippen LogP contribution >= 0.6 is 12.6 Å². The first kappa shape index (κ1) is 13.2. The van der Waals surface area contributed by atoms with Gasteiger partial charge in [0.1, 0.15) is 0 Å². The largest absolute Gasteiger partial charge is 0.393 e. The van der Waals surface area contributed by atoms with Crippen molar-refractivity contribution in [1.82, 2.24) is 4.90 Å². The average Bonchev–Trinajstić information content (AvgIpc) is 2.17. The summed E-state index contributed by atoms with van der Waals surface area (Å²) in [4.78, 5) is 1.94. The lowest BCUT2D eigenvalue weighted by molar-refractivity contribution is -0.186. The Morgan fingerprint density at radius 2 is 2.00 bits per heavy atom. The van der Waals surface area contributed by atoms with Crippen LogP contribution < -0.4 is 0 Å². The van der Waals surface area contributed by atoms with Gasteiger partial charge in [0.2, 0.25) is 0 Å². The lowest BCUT2D eigenvalue weighted by Gasteiger charge is -2.33. The van der Waals surface area contributed by atoms with Gasteiger partial charge in [0.25, 0.3) is 0 Å². The molecule has 1 atom stereocenters. The van der Waals surface area contributed by atoms with Crippen LogP contribution in [0.4, 0.5) is 13.2 Å². The van der Waals surface area contributed by atoms with E-state index in [1.54, 1.807) is 0 Å². The lowest BCUT2D eigenvalue weighted by atomic mass is 9.97. The molecule has 0 aromatic rings. The average molecular weight is 241 g/mol. The summed E-state index contributed by atoms with van der Waals surface area (Å²) in [6, 6.07) is 0. The van der Waals surface area contributed by atoms with E-state index in [4.69, 9.17) is 0 Å². The molecule has 0 saturated carbocycles. The highest BCUT2D eigenvalue weighted by molar-refractivity contribution is 7.80. The second kappa shape index (κ2) is 5.99. The smallest absolute Gasteiger partial charge is 0.303 e. The quantitative estimate of drug-likeness (QED) is 0.585. The summed E-state index contributed by atoms with van der Waals surface area (Å²) in [6.07, 6.45) is -1.11. The zero-order valence-electron chi connectivity index (χ0n) is 8.76. The molecule has 90 valence electrons. The highest BCUT2D eigenvalue weighted by atomic mass is 32.1. The summed E-state index contributed by atoms with van der Waals surface area (Å²) >= 11 is 4.08. The monoisotopic (exact) mass is 241 g/mol. The predicted molar refractivity (Wildman–Crippen MR) is 58.3 cm³/mol. The third-order valence-electron chi connectivity index (χ3n) is 2.85. The number of unbranched alkanes of at least 4 members (excludes halogenated alkanes) is 1. The molecule has 1 rings (SSSR count). The third kappa shape index (κ3) is 4.64. The molecule has 0 amide bonds. The van der Waals surface area contributed by atoms with Crippen LogP contribution in [0.2, 0.25) is 0 Å². The Morgan fingerprint density at radius 1 is 1.27 bits per heavy atom. The van der Waals surface area contributed by atoms with E-state index in [0.717, 1.165) is 31.7 Å². The zero-order chi connectivity index (χ0) is 11.3. The number of rotatable bonds is 4. The molecule has 1 nitrogen and oxygen atoms in total. The number of halogens is 3. The molecule has 1 heterocycles. The minimum Gasteiger partial charge on any atom is -0.303 e. The van der Waals surface area contributed by atoms with Crippen LogP contribution in [0, 0.1) is 5.92 Å². The normalized spacial score (nSPS) is 24.4. The summed E-state index contributed by atoms with van der Waals surface area (Å²) < 4.78 is 37.4. The molecule has 0 aliphatic carbocycles. The van der Waals surface area contributed by atoms with Gasteiger partial charge in [0.15, 0.2) is 0 Å². The summed E-state index contributed by atoms with van der Waals surface area (Å²) in [6.45, 7) is 1.79. The van der Waals surface area contributed by atoms with Crippen LogP contribution in [0.25, 0.3) is 0 Å². The van der Waals surface area contributed by atoms with E-state index in [2.05, 4.69) is 12.6 Å². The second-order valence-corrected chi connectivity index (χ2v) is 4.56. The van der Waals surface area contributed by atoms with Crippen LogP contribution in [-0.4, -0.2) is 36.5 Å². The Hall–Kier alpha value is 0.100. The Bertz CT molecular complexity index is 184. The number of hydrogen-bond donors (Lipinski definition) is 1. The van der Waals surface area contributed by atoms with E-state index in [0.29, 0.717) is 12.8 Å². The fourth-order valence-corrected chi connectivity index (χ4v) is 2.20. The number of hydrogen-bond acceptors (Lipinski definition) is 2. The lowest BCUT2D eigenvalue weighted by Crippen LogP contribution is -2.42. The van der Waals surface area contributed by atoms with Crippen LogP contribution in [0.15, 0.2) is 0 Å². The van der Waals surface area contributed by atoms with Crippen LogP contribution in [0.1, 0.15) is 25.7 Å². The maximum Gasteiger partial charge on any atom is 0.393 e. The molecule has 0 radical (unpaired) electrons. The fourth-order valence-electron chi connectivity index (χ4n) is 1.97. The minimum atomic E-state index is -4.01. The second-order valence-electron chi connectivity index (χ2n) is 4.11. The van der Waals surface area contributed by atoms with Crippen LogP contribution in [-0.2, 0) is 0 Å². The van der Waals surface area contributed by atoms with E-state index >= 15 is 0 Å². The van der Waals surface area contributed by atoms with Crippen molar-refractivity contribution in [1.29, 1.82) is 0 Å². The molecule has 15 heavy (non-hydrogen) atoms. The number of piperidine rings is 1. The predicted octanol–water partition coefficient (Wildman–Crippen LogP) is 2.97. The van der Waals surface area contributed by atoms with Crippen LogP contribution in [0.5, 0.6) is 0 Å². The molecule has 0 aromatic heterocycles. The molecular formula is C10H18F3NS. The van der Waals surface area contributed by atoms with Gasteiger partial charge < -0.3 is 4.90 Å². The first-order valence-corrected chi connectivity index (χ1v) is 6.07. The van der Waals surface area contributed by atoms with Crippen molar-refractivity contribution in [3.8, 4) is 0 Å². The van der Waals surface area contributed by atoms with E-state index in [1.165, 1.54) is 0 Å². The molecule has 1 saturated heterocycles.